The Balaban J connectivity index is 2.60. The molecule has 0 unspecified atom stereocenters. The molecule has 0 fully saturated rings. The van der Waals surface area contributed by atoms with Gasteiger partial charge in [0.05, 0.1) is 11.4 Å². The molecule has 0 bridgehead atoms. The molecule has 0 aliphatic rings. The monoisotopic (exact) mass is 242 g/mol. The number of hydrogen-bond donors (Lipinski definition) is 2. The third kappa shape index (κ3) is 2.00. The van der Waals surface area contributed by atoms with Gasteiger partial charge in [-0.15, -0.1) is 0 Å². The number of carbonyl (C=O) groups excluding carboxylic acids is 1. The predicted octanol–water partition coefficient (Wildman–Crippen LogP) is 2.49. The highest BCUT2D eigenvalue weighted by atomic mass is 16.5. The Kier molecular flexibility index (Phi) is 2.93. The van der Waals surface area contributed by atoms with Crippen molar-refractivity contribution in [3.8, 4) is 5.75 Å². The minimum Gasteiger partial charge on any atom is -0.454 e. The van der Waals surface area contributed by atoms with Crippen molar-refractivity contribution in [1.29, 1.82) is 0 Å². The van der Waals surface area contributed by atoms with Crippen molar-refractivity contribution in [2.45, 2.75) is 6.92 Å². The summed E-state index contributed by atoms with van der Waals surface area (Å²) in [5, 5.41) is 1.59. The second-order valence-corrected chi connectivity index (χ2v) is 4.00. The number of nitrogen functional groups attached to an aromatic ring is 2. The maximum Gasteiger partial charge on any atom is 0.194 e. The molecular weight excluding hydrogens is 228 g/mol. The fourth-order valence-corrected chi connectivity index (χ4v) is 1.68. The lowest BCUT2D eigenvalue weighted by molar-refractivity contribution is -0.115. The van der Waals surface area contributed by atoms with E-state index in [-0.39, 0.29) is 11.5 Å². The number of hydrogen-bond acceptors (Lipinski definition) is 4. The van der Waals surface area contributed by atoms with E-state index in [9.17, 15) is 4.79 Å². The lowest BCUT2D eigenvalue weighted by Gasteiger charge is -2.12. The smallest absolute Gasteiger partial charge is 0.194 e. The SMILES string of the molecule is C=C(Oc1cccc2ccc(N)c(N)c12)C(C)=O. The molecular formula is C14H14N2O2. The maximum atomic E-state index is 11.2. The lowest BCUT2D eigenvalue weighted by atomic mass is 10.1. The van der Waals surface area contributed by atoms with Crippen LogP contribution in [0.5, 0.6) is 5.75 Å². The van der Waals surface area contributed by atoms with E-state index in [2.05, 4.69) is 6.58 Å². The number of anilines is 2. The van der Waals surface area contributed by atoms with Crippen LogP contribution in [0, 0.1) is 0 Å². The zero-order chi connectivity index (χ0) is 13.3. The van der Waals surface area contributed by atoms with E-state index < -0.39 is 0 Å². The molecule has 0 radical (unpaired) electrons. The number of benzene rings is 2. The third-order valence-electron chi connectivity index (χ3n) is 2.71. The number of allylic oxidation sites excluding steroid dienone is 1. The van der Waals surface area contributed by atoms with Crippen LogP contribution >= 0.6 is 0 Å². The van der Waals surface area contributed by atoms with Gasteiger partial charge >= 0.3 is 0 Å². The molecule has 0 aliphatic heterocycles. The lowest BCUT2D eigenvalue weighted by Crippen LogP contribution is -2.04. The number of carbonyl (C=O) groups is 1. The number of ether oxygens (including phenoxy) is 1. The van der Waals surface area contributed by atoms with Crippen molar-refractivity contribution < 1.29 is 9.53 Å². The zero-order valence-electron chi connectivity index (χ0n) is 10.1. The summed E-state index contributed by atoms with van der Waals surface area (Å²) in [6.07, 6.45) is 0. The van der Waals surface area contributed by atoms with Crippen LogP contribution in [-0.2, 0) is 4.79 Å². The van der Waals surface area contributed by atoms with Crippen molar-refractivity contribution in [2.24, 2.45) is 0 Å². The minimum atomic E-state index is -0.227. The molecule has 92 valence electrons. The van der Waals surface area contributed by atoms with Crippen LogP contribution in [0.3, 0.4) is 0 Å². The first-order chi connectivity index (χ1) is 8.50. The summed E-state index contributed by atoms with van der Waals surface area (Å²) < 4.78 is 5.45. The van der Waals surface area contributed by atoms with Crippen LogP contribution in [0.15, 0.2) is 42.7 Å². The Hall–Kier alpha value is -2.49. The highest BCUT2D eigenvalue weighted by Gasteiger charge is 2.10. The Morgan fingerprint density at radius 3 is 2.61 bits per heavy atom. The highest BCUT2D eigenvalue weighted by molar-refractivity contribution is 6.03. The first-order valence-electron chi connectivity index (χ1n) is 5.45. The standard InChI is InChI=1S/C14H14N2O2/c1-8(17)9(2)18-12-5-3-4-10-6-7-11(15)14(16)13(10)12/h3-7H,2,15-16H2,1H3. The molecule has 4 N–H and O–H groups in total. The van der Waals surface area contributed by atoms with Crippen LogP contribution < -0.4 is 16.2 Å². The van der Waals surface area contributed by atoms with E-state index >= 15 is 0 Å². The van der Waals surface area contributed by atoms with Gasteiger partial charge in [0.1, 0.15) is 5.75 Å². The first kappa shape index (κ1) is 12.0. The van der Waals surface area contributed by atoms with Crippen molar-refractivity contribution in [2.75, 3.05) is 11.5 Å². The molecule has 0 atom stereocenters. The highest BCUT2D eigenvalue weighted by Crippen LogP contribution is 2.34. The molecule has 0 aliphatic carbocycles. The van der Waals surface area contributed by atoms with Crippen LogP contribution in [0.25, 0.3) is 10.8 Å². The van der Waals surface area contributed by atoms with E-state index in [1.807, 2.05) is 18.2 Å². The van der Waals surface area contributed by atoms with Crippen LogP contribution in [-0.4, -0.2) is 5.78 Å². The molecule has 0 heterocycles. The van der Waals surface area contributed by atoms with E-state index in [1.54, 1.807) is 12.1 Å². The van der Waals surface area contributed by atoms with Gasteiger partial charge in [0, 0.05) is 12.3 Å². The van der Waals surface area contributed by atoms with Crippen molar-refractivity contribution in [1.82, 2.24) is 0 Å². The molecule has 2 aromatic carbocycles. The molecule has 0 spiro atoms. The largest absolute Gasteiger partial charge is 0.454 e. The molecule has 0 saturated heterocycles. The zero-order valence-corrected chi connectivity index (χ0v) is 10.1. The average Bonchev–Trinajstić information content (AvgIpc) is 2.34. The Morgan fingerprint density at radius 1 is 1.22 bits per heavy atom. The fourth-order valence-electron chi connectivity index (χ4n) is 1.68. The summed E-state index contributed by atoms with van der Waals surface area (Å²) >= 11 is 0. The van der Waals surface area contributed by atoms with Crippen LogP contribution in [0.2, 0.25) is 0 Å². The summed E-state index contributed by atoms with van der Waals surface area (Å²) in [5.74, 6) is 0.330. The normalized spacial score (nSPS) is 10.3. The van der Waals surface area contributed by atoms with Crippen molar-refractivity contribution in [3.63, 3.8) is 0 Å². The van der Waals surface area contributed by atoms with Gasteiger partial charge in [-0.3, -0.25) is 4.79 Å². The molecule has 2 aromatic rings. The number of Topliss-reactive ketones (excluding diaryl/α,β-unsaturated/α-hetero) is 1. The second-order valence-electron chi connectivity index (χ2n) is 4.00. The van der Waals surface area contributed by atoms with Gasteiger partial charge in [-0.1, -0.05) is 24.8 Å². The van der Waals surface area contributed by atoms with Gasteiger partial charge in [-0.2, -0.15) is 0 Å². The van der Waals surface area contributed by atoms with Gasteiger partial charge in [0.15, 0.2) is 11.5 Å². The van der Waals surface area contributed by atoms with Crippen molar-refractivity contribution >= 4 is 27.9 Å². The number of nitrogens with two attached hydrogens (primary N) is 2. The summed E-state index contributed by atoms with van der Waals surface area (Å²) in [6, 6.07) is 9.03. The quantitative estimate of drug-likeness (QED) is 0.492. The van der Waals surface area contributed by atoms with Crippen LogP contribution in [0.4, 0.5) is 11.4 Å². The molecule has 4 heteroatoms. The number of ketones is 1. The van der Waals surface area contributed by atoms with Gasteiger partial charge < -0.3 is 16.2 Å². The molecule has 0 saturated carbocycles. The summed E-state index contributed by atoms with van der Waals surface area (Å²) in [7, 11) is 0. The Labute approximate surface area is 105 Å². The summed E-state index contributed by atoms with van der Waals surface area (Å²) in [5.41, 5.74) is 12.6. The minimum absolute atomic E-state index is 0.0734. The van der Waals surface area contributed by atoms with Crippen molar-refractivity contribution in [3.05, 3.63) is 42.7 Å². The molecule has 0 amide bonds. The first-order valence-corrected chi connectivity index (χ1v) is 5.45. The maximum absolute atomic E-state index is 11.2. The Morgan fingerprint density at radius 2 is 1.94 bits per heavy atom. The Bertz CT molecular complexity index is 648. The summed E-state index contributed by atoms with van der Waals surface area (Å²) in [4.78, 5) is 11.2. The number of rotatable bonds is 3. The van der Waals surface area contributed by atoms with Gasteiger partial charge in [-0.25, -0.2) is 0 Å². The fraction of sp³-hybridized carbons (Fsp3) is 0.0714. The van der Waals surface area contributed by atoms with Gasteiger partial charge in [0.25, 0.3) is 0 Å². The molecule has 2 rings (SSSR count). The average molecular weight is 242 g/mol. The van der Waals surface area contributed by atoms with E-state index in [0.717, 1.165) is 5.39 Å². The topological polar surface area (TPSA) is 78.3 Å². The van der Waals surface area contributed by atoms with E-state index in [0.29, 0.717) is 22.5 Å². The second kappa shape index (κ2) is 4.41. The van der Waals surface area contributed by atoms with Crippen LogP contribution in [0.1, 0.15) is 6.92 Å². The number of fused-ring (bicyclic) bond motifs is 1. The third-order valence-corrected chi connectivity index (χ3v) is 2.71. The molecule has 0 aromatic heterocycles. The van der Waals surface area contributed by atoms with Gasteiger partial charge in [-0.05, 0) is 17.5 Å². The predicted molar refractivity (Wildman–Crippen MR) is 73.2 cm³/mol. The van der Waals surface area contributed by atoms with E-state index in [1.165, 1.54) is 6.92 Å². The molecule has 18 heavy (non-hydrogen) atoms. The summed E-state index contributed by atoms with van der Waals surface area (Å²) in [6.45, 7) is 4.96. The molecule has 4 nitrogen and oxygen atoms in total. The van der Waals surface area contributed by atoms with Gasteiger partial charge in [0.2, 0.25) is 0 Å². The van der Waals surface area contributed by atoms with E-state index in [4.69, 9.17) is 16.2 Å².